The molecule has 1 aromatic rings. The fourth-order valence-corrected chi connectivity index (χ4v) is 2.64. The maximum Gasteiger partial charge on any atom is 0.141 e. The smallest absolute Gasteiger partial charge is 0.141 e. The highest BCUT2D eigenvalue weighted by atomic mass is 35.5. The van der Waals surface area contributed by atoms with E-state index in [1.165, 1.54) is 6.07 Å². The van der Waals surface area contributed by atoms with Crippen LogP contribution in [0.1, 0.15) is 18.9 Å². The second-order valence-electron chi connectivity index (χ2n) is 3.89. The van der Waals surface area contributed by atoms with Crippen LogP contribution in [0.2, 0.25) is 5.02 Å². The highest BCUT2D eigenvalue weighted by Crippen LogP contribution is 2.17. The van der Waals surface area contributed by atoms with Crippen LogP contribution in [0.3, 0.4) is 0 Å². The second kappa shape index (κ2) is 7.93. The molecule has 5 heteroatoms. The van der Waals surface area contributed by atoms with Crippen molar-refractivity contribution in [1.29, 1.82) is 0 Å². The van der Waals surface area contributed by atoms with Crippen molar-refractivity contribution in [1.82, 2.24) is 5.43 Å². The van der Waals surface area contributed by atoms with Gasteiger partial charge in [0.1, 0.15) is 5.82 Å². The summed E-state index contributed by atoms with van der Waals surface area (Å²) in [5.74, 6) is 7.19. The number of rotatable bonds is 7. The van der Waals surface area contributed by atoms with Gasteiger partial charge >= 0.3 is 0 Å². The molecule has 1 atom stereocenters. The first-order chi connectivity index (χ1) is 8.17. The molecule has 0 fully saturated rings. The van der Waals surface area contributed by atoms with Crippen molar-refractivity contribution in [2.45, 2.75) is 25.8 Å². The van der Waals surface area contributed by atoms with Gasteiger partial charge in [-0.2, -0.15) is 11.8 Å². The molecular weight excluding hydrogens is 259 g/mol. The van der Waals surface area contributed by atoms with Gasteiger partial charge in [0.25, 0.3) is 0 Å². The lowest BCUT2D eigenvalue weighted by Crippen LogP contribution is -2.38. The highest BCUT2D eigenvalue weighted by molar-refractivity contribution is 7.99. The third-order valence-electron chi connectivity index (χ3n) is 2.37. The normalized spacial score (nSPS) is 12.7. The first-order valence-corrected chi connectivity index (χ1v) is 7.18. The van der Waals surface area contributed by atoms with E-state index < -0.39 is 0 Å². The maximum atomic E-state index is 13.0. The Hall–Kier alpha value is -0.290. The molecule has 0 amide bonds. The van der Waals surface area contributed by atoms with Gasteiger partial charge in [-0.1, -0.05) is 24.6 Å². The summed E-state index contributed by atoms with van der Waals surface area (Å²) in [6.45, 7) is 2.15. The molecule has 0 bridgehead atoms. The third kappa shape index (κ3) is 5.25. The fraction of sp³-hybridized carbons (Fsp3) is 0.500. The van der Waals surface area contributed by atoms with Gasteiger partial charge in [0.15, 0.2) is 0 Å². The van der Waals surface area contributed by atoms with E-state index in [0.717, 1.165) is 29.9 Å². The van der Waals surface area contributed by atoms with Crippen LogP contribution in [0.15, 0.2) is 18.2 Å². The summed E-state index contributed by atoms with van der Waals surface area (Å²) in [4.78, 5) is 0. The Bertz CT molecular complexity index is 349. The van der Waals surface area contributed by atoms with E-state index in [9.17, 15) is 4.39 Å². The first-order valence-electron chi connectivity index (χ1n) is 5.65. The summed E-state index contributed by atoms with van der Waals surface area (Å²) in [6.07, 6.45) is 1.91. The van der Waals surface area contributed by atoms with Crippen LogP contribution in [-0.4, -0.2) is 17.5 Å². The lowest BCUT2D eigenvalue weighted by molar-refractivity contribution is 0.573. The molecule has 0 radical (unpaired) electrons. The molecular formula is C12H18ClFN2S. The SMILES string of the molecule is CCCSCC(Cc1ccc(F)c(Cl)c1)NN. The summed E-state index contributed by atoms with van der Waals surface area (Å²) in [7, 11) is 0. The van der Waals surface area contributed by atoms with E-state index in [-0.39, 0.29) is 16.9 Å². The van der Waals surface area contributed by atoms with Crippen molar-refractivity contribution in [3.8, 4) is 0 Å². The minimum absolute atomic E-state index is 0.166. The average molecular weight is 277 g/mol. The van der Waals surface area contributed by atoms with Gasteiger partial charge in [0.2, 0.25) is 0 Å². The van der Waals surface area contributed by atoms with Crippen molar-refractivity contribution >= 4 is 23.4 Å². The summed E-state index contributed by atoms with van der Waals surface area (Å²) in [5, 5.41) is 0.166. The molecule has 0 spiro atoms. The topological polar surface area (TPSA) is 38.0 Å². The molecule has 0 aliphatic carbocycles. The Morgan fingerprint density at radius 3 is 2.88 bits per heavy atom. The Balaban J connectivity index is 2.51. The molecule has 0 saturated heterocycles. The Kier molecular flexibility index (Phi) is 6.89. The van der Waals surface area contributed by atoms with Crippen LogP contribution in [-0.2, 0) is 6.42 Å². The molecule has 1 unspecified atom stereocenters. The zero-order valence-electron chi connectivity index (χ0n) is 9.88. The van der Waals surface area contributed by atoms with Gasteiger partial charge in [-0.3, -0.25) is 11.3 Å². The summed E-state index contributed by atoms with van der Waals surface area (Å²) in [5.41, 5.74) is 3.78. The zero-order chi connectivity index (χ0) is 12.7. The molecule has 0 aliphatic heterocycles. The van der Waals surface area contributed by atoms with Crippen LogP contribution in [0, 0.1) is 5.82 Å². The maximum absolute atomic E-state index is 13.0. The van der Waals surface area contributed by atoms with Gasteiger partial charge in [-0.05, 0) is 36.3 Å². The lowest BCUT2D eigenvalue weighted by Gasteiger charge is -2.15. The molecule has 0 aliphatic rings. The standard InChI is InChI=1S/C12H18ClFN2S/c1-2-5-17-8-10(16-15)6-9-3-4-12(14)11(13)7-9/h3-4,7,10,16H,2,5-6,8,15H2,1H3. The van der Waals surface area contributed by atoms with E-state index >= 15 is 0 Å². The van der Waals surface area contributed by atoms with Gasteiger partial charge in [0.05, 0.1) is 5.02 Å². The van der Waals surface area contributed by atoms with Crippen molar-refractivity contribution < 1.29 is 4.39 Å². The minimum Gasteiger partial charge on any atom is -0.271 e. The monoisotopic (exact) mass is 276 g/mol. The van der Waals surface area contributed by atoms with Gasteiger partial charge in [0, 0.05) is 11.8 Å². The van der Waals surface area contributed by atoms with E-state index in [2.05, 4.69) is 12.3 Å². The van der Waals surface area contributed by atoms with Gasteiger partial charge in [-0.15, -0.1) is 0 Å². The second-order valence-corrected chi connectivity index (χ2v) is 5.45. The van der Waals surface area contributed by atoms with Crippen LogP contribution in [0.25, 0.3) is 0 Å². The van der Waals surface area contributed by atoms with Crippen LogP contribution in [0.4, 0.5) is 4.39 Å². The largest absolute Gasteiger partial charge is 0.271 e. The molecule has 1 aromatic carbocycles. The summed E-state index contributed by atoms with van der Waals surface area (Å²) < 4.78 is 13.0. The first kappa shape index (κ1) is 14.8. The predicted molar refractivity (Wildman–Crippen MR) is 73.8 cm³/mol. The third-order valence-corrected chi connectivity index (χ3v) is 3.99. The van der Waals surface area contributed by atoms with Crippen molar-refractivity contribution in [3.63, 3.8) is 0 Å². The number of halogens is 2. The van der Waals surface area contributed by atoms with E-state index in [1.807, 2.05) is 11.8 Å². The Morgan fingerprint density at radius 1 is 1.53 bits per heavy atom. The fourth-order valence-electron chi connectivity index (χ4n) is 1.49. The number of hydrazine groups is 1. The predicted octanol–water partition coefficient (Wildman–Crippen LogP) is 3.00. The minimum atomic E-state index is -0.381. The van der Waals surface area contributed by atoms with Gasteiger partial charge in [-0.25, -0.2) is 4.39 Å². The van der Waals surface area contributed by atoms with Crippen molar-refractivity contribution in [2.75, 3.05) is 11.5 Å². The number of nitrogens with two attached hydrogens (primary N) is 1. The molecule has 3 N–H and O–H groups in total. The molecule has 1 rings (SSSR count). The van der Waals surface area contributed by atoms with Crippen LogP contribution in [0.5, 0.6) is 0 Å². The van der Waals surface area contributed by atoms with Gasteiger partial charge < -0.3 is 0 Å². The number of benzene rings is 1. The number of hydrogen-bond donors (Lipinski definition) is 2. The quantitative estimate of drug-likeness (QED) is 0.457. The van der Waals surface area contributed by atoms with Crippen LogP contribution < -0.4 is 11.3 Å². The Morgan fingerprint density at radius 2 is 2.29 bits per heavy atom. The van der Waals surface area contributed by atoms with E-state index in [4.69, 9.17) is 17.4 Å². The molecule has 0 saturated carbocycles. The zero-order valence-corrected chi connectivity index (χ0v) is 11.5. The molecule has 0 aromatic heterocycles. The van der Waals surface area contributed by atoms with Crippen molar-refractivity contribution in [3.05, 3.63) is 34.6 Å². The molecule has 2 nitrogen and oxygen atoms in total. The Labute approximate surface area is 111 Å². The lowest BCUT2D eigenvalue weighted by atomic mass is 10.1. The van der Waals surface area contributed by atoms with E-state index in [1.54, 1.807) is 12.1 Å². The molecule has 17 heavy (non-hydrogen) atoms. The number of thioether (sulfide) groups is 1. The highest BCUT2D eigenvalue weighted by Gasteiger charge is 2.09. The molecule has 96 valence electrons. The van der Waals surface area contributed by atoms with Crippen molar-refractivity contribution in [2.24, 2.45) is 5.84 Å². The summed E-state index contributed by atoms with van der Waals surface area (Å²) >= 11 is 7.60. The number of hydrogen-bond acceptors (Lipinski definition) is 3. The van der Waals surface area contributed by atoms with Crippen LogP contribution >= 0.6 is 23.4 Å². The summed E-state index contributed by atoms with van der Waals surface area (Å²) in [6, 6.07) is 4.99. The van der Waals surface area contributed by atoms with E-state index in [0.29, 0.717) is 0 Å². The number of nitrogens with one attached hydrogen (secondary N) is 1. The average Bonchev–Trinajstić information content (AvgIpc) is 2.32. The molecule has 0 heterocycles.